The molecule has 120 valence electrons. The summed E-state index contributed by atoms with van der Waals surface area (Å²) < 4.78 is 60.1. The highest BCUT2D eigenvalue weighted by Crippen LogP contribution is 2.41. The largest absolute Gasteiger partial charge is 0.573 e. The van der Waals surface area contributed by atoms with Crippen molar-refractivity contribution in [3.05, 3.63) is 22.4 Å². The second kappa shape index (κ2) is 5.79. The quantitative estimate of drug-likeness (QED) is 0.476. The van der Waals surface area contributed by atoms with Crippen molar-refractivity contribution in [2.45, 2.75) is 45.3 Å². The van der Waals surface area contributed by atoms with E-state index in [9.17, 15) is 17.6 Å². The van der Waals surface area contributed by atoms with E-state index in [4.69, 9.17) is 4.43 Å². The summed E-state index contributed by atoms with van der Waals surface area (Å²) in [6.07, 6.45) is -4.96. The minimum absolute atomic E-state index is 0.141. The van der Waals surface area contributed by atoms with Crippen LogP contribution in [0.2, 0.25) is 18.1 Å². The second-order valence-electron chi connectivity index (χ2n) is 6.12. The lowest BCUT2D eigenvalue weighted by atomic mass is 10.2. The Bertz CT molecular complexity index is 524. The molecule has 0 atom stereocenters. The van der Waals surface area contributed by atoms with Crippen molar-refractivity contribution in [2.75, 3.05) is 0 Å². The first-order chi connectivity index (χ1) is 9.23. The molecule has 0 fully saturated rings. The molecule has 0 unspecified atom stereocenters. The molecule has 0 saturated carbocycles. The van der Waals surface area contributed by atoms with Crippen LogP contribution in [0.15, 0.2) is 16.6 Å². The van der Waals surface area contributed by atoms with Gasteiger partial charge in [0, 0.05) is 6.07 Å². The summed E-state index contributed by atoms with van der Waals surface area (Å²) in [6.45, 7) is 9.84. The number of ether oxygens (including phenoxy) is 1. The first-order valence-electron chi connectivity index (χ1n) is 6.17. The van der Waals surface area contributed by atoms with E-state index in [1.807, 2.05) is 33.9 Å². The zero-order valence-electron chi connectivity index (χ0n) is 12.4. The average Bonchev–Trinajstić information content (AvgIpc) is 2.21. The Morgan fingerprint density at radius 1 is 1.05 bits per heavy atom. The molecule has 1 rings (SSSR count). The van der Waals surface area contributed by atoms with Crippen LogP contribution >= 0.6 is 15.9 Å². The first kappa shape index (κ1) is 18.3. The number of rotatable bonds is 3. The van der Waals surface area contributed by atoms with Gasteiger partial charge in [-0.3, -0.25) is 0 Å². The van der Waals surface area contributed by atoms with Crippen molar-refractivity contribution in [1.82, 2.24) is 0 Å². The van der Waals surface area contributed by atoms with Gasteiger partial charge in [0.15, 0.2) is 11.6 Å². The van der Waals surface area contributed by atoms with Crippen molar-refractivity contribution in [3.63, 3.8) is 0 Å². The Morgan fingerprint density at radius 3 is 2.00 bits per heavy atom. The molecule has 0 heterocycles. The lowest BCUT2D eigenvalue weighted by Gasteiger charge is -2.36. The van der Waals surface area contributed by atoms with E-state index in [-0.39, 0.29) is 15.3 Å². The minimum atomic E-state index is -4.96. The summed E-state index contributed by atoms with van der Waals surface area (Å²) in [7, 11) is -2.27. The maximum Gasteiger partial charge on any atom is 0.573 e. The normalized spacial score (nSPS) is 13.2. The molecule has 0 N–H and O–H groups in total. The summed E-state index contributed by atoms with van der Waals surface area (Å²) in [5.41, 5.74) is 0. The van der Waals surface area contributed by atoms with Crippen LogP contribution in [-0.4, -0.2) is 14.7 Å². The van der Waals surface area contributed by atoms with Crippen LogP contribution in [0, 0.1) is 5.82 Å². The molecule has 0 aliphatic carbocycles. The van der Waals surface area contributed by atoms with Gasteiger partial charge >= 0.3 is 6.36 Å². The maximum absolute atomic E-state index is 13.5. The summed E-state index contributed by atoms with van der Waals surface area (Å²) in [5.74, 6) is -1.87. The Labute approximate surface area is 130 Å². The zero-order chi connectivity index (χ0) is 16.6. The number of benzene rings is 1. The highest BCUT2D eigenvalue weighted by atomic mass is 79.9. The number of alkyl halides is 3. The molecule has 0 aliphatic heterocycles. The van der Waals surface area contributed by atoms with E-state index in [0.717, 1.165) is 12.1 Å². The van der Waals surface area contributed by atoms with Crippen molar-refractivity contribution in [1.29, 1.82) is 0 Å². The van der Waals surface area contributed by atoms with Crippen molar-refractivity contribution in [3.8, 4) is 11.5 Å². The van der Waals surface area contributed by atoms with Gasteiger partial charge in [0.25, 0.3) is 8.32 Å². The summed E-state index contributed by atoms with van der Waals surface area (Å²) in [4.78, 5) is 0. The molecular weight excluding hydrogens is 372 g/mol. The second-order valence-corrected chi connectivity index (χ2v) is 11.7. The van der Waals surface area contributed by atoms with Crippen LogP contribution in [0.25, 0.3) is 0 Å². The monoisotopic (exact) mass is 388 g/mol. The van der Waals surface area contributed by atoms with Gasteiger partial charge in [0.2, 0.25) is 0 Å². The van der Waals surface area contributed by atoms with Gasteiger partial charge in [-0.2, -0.15) is 0 Å². The van der Waals surface area contributed by atoms with Crippen molar-refractivity contribution >= 4 is 24.2 Å². The minimum Gasteiger partial charge on any atom is -0.543 e. The van der Waals surface area contributed by atoms with E-state index in [0.29, 0.717) is 0 Å². The van der Waals surface area contributed by atoms with Crippen molar-refractivity contribution in [2.24, 2.45) is 0 Å². The van der Waals surface area contributed by atoms with Crippen LogP contribution in [0.5, 0.6) is 11.5 Å². The highest BCUT2D eigenvalue weighted by molar-refractivity contribution is 9.10. The molecule has 0 spiro atoms. The van der Waals surface area contributed by atoms with Gasteiger partial charge < -0.3 is 9.16 Å². The van der Waals surface area contributed by atoms with E-state index in [1.165, 1.54) is 0 Å². The topological polar surface area (TPSA) is 18.5 Å². The highest BCUT2D eigenvalue weighted by Gasteiger charge is 2.40. The fraction of sp³-hybridized carbons (Fsp3) is 0.538. The number of halogens is 5. The smallest absolute Gasteiger partial charge is 0.543 e. The zero-order valence-corrected chi connectivity index (χ0v) is 14.9. The molecule has 0 bridgehead atoms. The SMILES string of the molecule is CC(C)(C)[Si](C)(C)Oc1cc(OC(F)(F)F)c(F)cc1Br. The predicted molar refractivity (Wildman–Crippen MR) is 78.6 cm³/mol. The Morgan fingerprint density at radius 2 is 1.57 bits per heavy atom. The van der Waals surface area contributed by atoms with Crippen LogP contribution in [-0.2, 0) is 0 Å². The van der Waals surface area contributed by atoms with Gasteiger partial charge in [-0.15, -0.1) is 13.2 Å². The third-order valence-electron chi connectivity index (χ3n) is 3.38. The number of hydrogen-bond acceptors (Lipinski definition) is 2. The van der Waals surface area contributed by atoms with Crippen LogP contribution < -0.4 is 9.16 Å². The maximum atomic E-state index is 13.5. The van der Waals surface area contributed by atoms with E-state index >= 15 is 0 Å². The van der Waals surface area contributed by atoms with Gasteiger partial charge in [-0.05, 0) is 40.1 Å². The Kier molecular flexibility index (Phi) is 5.04. The standard InChI is InChI=1S/C13H17BrF4O2Si/c1-12(2,3)21(4,5)20-10-7-11(19-13(16,17)18)9(15)6-8(10)14/h6-7H,1-5H3. The molecule has 0 amide bonds. The van der Waals surface area contributed by atoms with Crippen molar-refractivity contribution < 1.29 is 26.7 Å². The third kappa shape index (κ3) is 4.88. The summed E-state index contributed by atoms with van der Waals surface area (Å²) in [6, 6.07) is 1.83. The summed E-state index contributed by atoms with van der Waals surface area (Å²) >= 11 is 3.10. The molecule has 1 aromatic carbocycles. The molecule has 0 radical (unpaired) electrons. The van der Waals surface area contributed by atoms with E-state index in [1.54, 1.807) is 0 Å². The molecule has 0 saturated heterocycles. The van der Waals surface area contributed by atoms with E-state index in [2.05, 4.69) is 20.7 Å². The van der Waals surface area contributed by atoms with Crippen LogP contribution in [0.4, 0.5) is 17.6 Å². The van der Waals surface area contributed by atoms with Crippen LogP contribution in [0.3, 0.4) is 0 Å². The molecule has 0 aliphatic rings. The Balaban J connectivity index is 3.17. The fourth-order valence-corrected chi connectivity index (χ4v) is 2.79. The molecular formula is C13H17BrF4O2Si. The molecule has 1 aromatic rings. The molecule has 8 heteroatoms. The van der Waals surface area contributed by atoms with Crippen LogP contribution in [0.1, 0.15) is 20.8 Å². The lowest BCUT2D eigenvalue weighted by molar-refractivity contribution is -0.275. The Hall–Kier alpha value is -0.763. The third-order valence-corrected chi connectivity index (χ3v) is 8.35. The average molecular weight is 389 g/mol. The predicted octanol–water partition coefficient (Wildman–Crippen LogP) is 5.87. The van der Waals surface area contributed by atoms with Gasteiger partial charge in [0.1, 0.15) is 5.75 Å². The molecule has 2 nitrogen and oxygen atoms in total. The van der Waals surface area contributed by atoms with E-state index < -0.39 is 26.2 Å². The lowest BCUT2D eigenvalue weighted by Crippen LogP contribution is -2.44. The number of hydrogen-bond donors (Lipinski definition) is 0. The molecule has 0 aromatic heterocycles. The van der Waals surface area contributed by atoms with Gasteiger partial charge in [0.05, 0.1) is 4.47 Å². The fourth-order valence-electron chi connectivity index (χ4n) is 1.22. The summed E-state index contributed by atoms with van der Waals surface area (Å²) in [5, 5.41) is -0.147. The first-order valence-corrected chi connectivity index (χ1v) is 9.87. The molecule has 21 heavy (non-hydrogen) atoms. The van der Waals surface area contributed by atoms with Gasteiger partial charge in [-0.1, -0.05) is 20.8 Å². The van der Waals surface area contributed by atoms with Gasteiger partial charge in [-0.25, -0.2) is 4.39 Å².